The van der Waals surface area contributed by atoms with E-state index in [1.807, 2.05) is 32.1 Å². The third kappa shape index (κ3) is 3.65. The molecule has 0 spiro atoms. The van der Waals surface area contributed by atoms with Crippen LogP contribution in [0.2, 0.25) is 0 Å². The van der Waals surface area contributed by atoms with E-state index in [1.165, 1.54) is 5.39 Å². The number of carbonyl (C=O) groups excluding carboxylic acids is 2. The summed E-state index contributed by atoms with van der Waals surface area (Å²) >= 11 is 1.55. The van der Waals surface area contributed by atoms with Gasteiger partial charge in [-0.3, -0.25) is 9.59 Å². The summed E-state index contributed by atoms with van der Waals surface area (Å²) in [6, 6.07) is 14.6. The second-order valence-electron chi connectivity index (χ2n) is 13.5. The van der Waals surface area contributed by atoms with Crippen LogP contribution in [0.1, 0.15) is 53.4 Å². The number of fused-ring (bicyclic) bond motifs is 8. The molecule has 0 bridgehead atoms. The molecule has 1 N–H and O–H groups in total. The maximum absolute atomic E-state index is 14.5. The summed E-state index contributed by atoms with van der Waals surface area (Å²) in [5, 5.41) is 14.2. The Bertz CT molecular complexity index is 1480. The molecule has 1 heterocycles. The highest BCUT2D eigenvalue weighted by molar-refractivity contribution is 8.00. The summed E-state index contributed by atoms with van der Waals surface area (Å²) in [6.07, 6.45) is 7.48. The lowest BCUT2D eigenvalue weighted by Gasteiger charge is -2.60. The van der Waals surface area contributed by atoms with Crippen LogP contribution < -0.4 is 0 Å². The van der Waals surface area contributed by atoms with Crippen molar-refractivity contribution in [2.75, 3.05) is 5.75 Å². The zero-order chi connectivity index (χ0) is 28.1. The largest absolute Gasteiger partial charge is 0.393 e. The Labute approximate surface area is 240 Å². The highest BCUT2D eigenvalue weighted by Crippen LogP contribution is 2.70. The molecule has 0 radical (unpaired) electrons. The van der Waals surface area contributed by atoms with Gasteiger partial charge in [-0.2, -0.15) is 0 Å². The van der Waals surface area contributed by atoms with E-state index in [9.17, 15) is 14.7 Å². The van der Waals surface area contributed by atoms with Crippen LogP contribution in [-0.2, 0) is 19.1 Å². The summed E-state index contributed by atoms with van der Waals surface area (Å²) in [5.41, 5.74) is -0.877. The molecule has 4 fully saturated rings. The van der Waals surface area contributed by atoms with Crippen molar-refractivity contribution in [3.63, 3.8) is 0 Å². The van der Waals surface area contributed by atoms with Gasteiger partial charge in [0.25, 0.3) is 0 Å². The zero-order valence-electron chi connectivity index (χ0n) is 23.7. The molecule has 5 unspecified atom stereocenters. The molecule has 40 heavy (non-hydrogen) atoms. The summed E-state index contributed by atoms with van der Waals surface area (Å²) in [5.74, 6) is -0.0908. The number of aliphatic hydroxyl groups excluding tert-OH is 1. The maximum Gasteiger partial charge on any atom is 0.178 e. The van der Waals surface area contributed by atoms with Crippen molar-refractivity contribution in [2.45, 2.75) is 81.9 Å². The average Bonchev–Trinajstić information content (AvgIpc) is 3.32. The van der Waals surface area contributed by atoms with E-state index < -0.39 is 22.9 Å². The number of benzene rings is 2. The SMILES string of the molecule is CC1(C)O[C@@H]2CC3C4CCC5=CC(=O)C=CC5(C)C4[C@@H](O)CC3(C)[C@]2(C(=O)CSc2ccc3ccccc3c2)O1. The van der Waals surface area contributed by atoms with Crippen LogP contribution in [0.5, 0.6) is 0 Å². The number of allylic oxidation sites excluding steroid dienone is 4. The van der Waals surface area contributed by atoms with Crippen molar-refractivity contribution in [3.8, 4) is 0 Å². The number of rotatable bonds is 4. The molecule has 7 rings (SSSR count). The number of carbonyl (C=O) groups is 2. The molecule has 0 aromatic heterocycles. The van der Waals surface area contributed by atoms with E-state index >= 15 is 0 Å². The molecular weight excluding hydrogens is 520 g/mol. The number of aliphatic hydroxyl groups is 1. The Morgan fingerprint density at radius 1 is 1.10 bits per heavy atom. The molecule has 3 saturated carbocycles. The number of thioether (sulfide) groups is 1. The fourth-order valence-corrected chi connectivity index (χ4v) is 10.3. The fraction of sp³-hybridized carbons (Fsp3) is 0.529. The van der Waals surface area contributed by atoms with Crippen LogP contribution >= 0.6 is 11.8 Å². The summed E-state index contributed by atoms with van der Waals surface area (Å²) in [4.78, 5) is 27.7. The Kier molecular flexibility index (Phi) is 5.91. The van der Waals surface area contributed by atoms with Crippen LogP contribution in [-0.4, -0.2) is 46.0 Å². The van der Waals surface area contributed by atoms with Crippen molar-refractivity contribution in [1.82, 2.24) is 0 Å². The molecule has 1 saturated heterocycles. The van der Waals surface area contributed by atoms with Gasteiger partial charge in [0.05, 0.1) is 18.0 Å². The van der Waals surface area contributed by atoms with E-state index in [0.29, 0.717) is 6.42 Å². The average molecular weight is 559 g/mol. The van der Waals surface area contributed by atoms with E-state index in [4.69, 9.17) is 9.47 Å². The highest BCUT2D eigenvalue weighted by atomic mass is 32.2. The van der Waals surface area contributed by atoms with Crippen molar-refractivity contribution in [1.29, 1.82) is 0 Å². The molecule has 0 amide bonds. The van der Waals surface area contributed by atoms with Gasteiger partial charge in [0.15, 0.2) is 23.0 Å². The first-order chi connectivity index (χ1) is 19.0. The van der Waals surface area contributed by atoms with E-state index in [0.717, 1.165) is 35.1 Å². The van der Waals surface area contributed by atoms with Crippen LogP contribution in [0.15, 0.2) is 71.2 Å². The molecule has 4 aliphatic carbocycles. The van der Waals surface area contributed by atoms with Crippen molar-refractivity contribution in [3.05, 3.63) is 66.3 Å². The first-order valence-corrected chi connectivity index (χ1v) is 15.6. The Hall–Kier alpha value is -2.25. The molecule has 5 nitrogen and oxygen atoms in total. The number of Topliss-reactive ketones (excluding diaryl/α,β-unsaturated/α-hetero) is 1. The molecule has 2 aromatic rings. The molecule has 2 aromatic carbocycles. The first kappa shape index (κ1) is 26.6. The topological polar surface area (TPSA) is 72.8 Å². The predicted molar refractivity (Wildman–Crippen MR) is 156 cm³/mol. The zero-order valence-corrected chi connectivity index (χ0v) is 24.5. The lowest BCUT2D eigenvalue weighted by molar-refractivity contribution is -0.223. The summed E-state index contributed by atoms with van der Waals surface area (Å²) < 4.78 is 13.3. The van der Waals surface area contributed by atoms with Crippen LogP contribution in [0.3, 0.4) is 0 Å². The molecule has 6 heteroatoms. The lowest BCUT2D eigenvalue weighted by Crippen LogP contribution is -2.63. The fourth-order valence-electron chi connectivity index (χ4n) is 9.43. The van der Waals surface area contributed by atoms with Gasteiger partial charge < -0.3 is 14.6 Å². The van der Waals surface area contributed by atoms with Crippen LogP contribution in [0.4, 0.5) is 0 Å². The number of hydrogen-bond donors (Lipinski definition) is 1. The van der Waals surface area contributed by atoms with Gasteiger partial charge in [0.2, 0.25) is 0 Å². The van der Waals surface area contributed by atoms with E-state index in [-0.39, 0.29) is 46.6 Å². The monoisotopic (exact) mass is 558 g/mol. The normalized spacial score (nSPS) is 41.2. The Morgan fingerprint density at radius 2 is 1.88 bits per heavy atom. The van der Waals surface area contributed by atoms with Gasteiger partial charge in [-0.25, -0.2) is 0 Å². The Balaban J connectivity index is 1.22. The minimum Gasteiger partial charge on any atom is -0.393 e. The van der Waals surface area contributed by atoms with Gasteiger partial charge in [-0.05, 0) is 86.4 Å². The van der Waals surface area contributed by atoms with E-state index in [1.54, 1.807) is 23.9 Å². The second-order valence-corrected chi connectivity index (χ2v) is 14.6. The highest BCUT2D eigenvalue weighted by Gasteiger charge is 2.76. The van der Waals surface area contributed by atoms with E-state index in [2.05, 4.69) is 44.2 Å². The van der Waals surface area contributed by atoms with Crippen molar-refractivity contribution < 1.29 is 24.2 Å². The third-order valence-electron chi connectivity index (χ3n) is 11.0. The molecule has 5 aliphatic rings. The first-order valence-electron chi connectivity index (χ1n) is 14.6. The second kappa shape index (κ2) is 8.87. The lowest BCUT2D eigenvalue weighted by atomic mass is 9.46. The van der Waals surface area contributed by atoms with Crippen LogP contribution in [0.25, 0.3) is 10.8 Å². The number of ether oxygens (including phenoxy) is 2. The number of hydrogen-bond acceptors (Lipinski definition) is 6. The van der Waals surface area contributed by atoms with Gasteiger partial charge in [-0.15, -0.1) is 11.8 Å². The molecule has 8 atom stereocenters. The Morgan fingerprint density at radius 3 is 2.67 bits per heavy atom. The van der Waals surface area contributed by atoms with Gasteiger partial charge in [-0.1, -0.05) is 55.8 Å². The molecular formula is C34H38O5S. The molecule has 1 aliphatic heterocycles. The maximum atomic E-state index is 14.5. The minimum absolute atomic E-state index is 0.000823. The molecule has 210 valence electrons. The third-order valence-corrected chi connectivity index (χ3v) is 12.0. The van der Waals surface area contributed by atoms with Gasteiger partial charge >= 0.3 is 0 Å². The van der Waals surface area contributed by atoms with Gasteiger partial charge in [0, 0.05) is 21.6 Å². The van der Waals surface area contributed by atoms with Crippen molar-refractivity contribution >= 4 is 34.1 Å². The standard InChI is InChI=1S/C34H38O5S/c1-31(2)38-29-17-26-25-12-10-22-16-23(35)13-14-32(22,3)30(25)27(36)18-33(26,4)34(29,39-31)28(37)19-40-24-11-9-20-7-5-6-8-21(20)15-24/h5-9,11,13-16,25-27,29-30,36H,10,12,17-19H2,1-4H3/t25?,26?,27-,29+,30?,32?,33?,34+/m0/s1. The summed E-state index contributed by atoms with van der Waals surface area (Å²) in [7, 11) is 0. The van der Waals surface area contributed by atoms with Crippen molar-refractivity contribution in [2.24, 2.45) is 28.6 Å². The predicted octanol–water partition coefficient (Wildman–Crippen LogP) is 6.28. The minimum atomic E-state index is -1.10. The summed E-state index contributed by atoms with van der Waals surface area (Å²) in [6.45, 7) is 8.16. The van der Waals surface area contributed by atoms with Crippen LogP contribution in [0, 0.1) is 28.6 Å². The van der Waals surface area contributed by atoms with Gasteiger partial charge in [0.1, 0.15) is 0 Å². The number of ketones is 2. The quantitative estimate of drug-likeness (QED) is 0.446. The smallest absolute Gasteiger partial charge is 0.178 e.